The summed E-state index contributed by atoms with van der Waals surface area (Å²) in [6.07, 6.45) is 4.73. The summed E-state index contributed by atoms with van der Waals surface area (Å²) >= 11 is 0. The Morgan fingerprint density at radius 1 is 1.31 bits per heavy atom. The minimum atomic E-state index is -0.118. The van der Waals surface area contributed by atoms with Gasteiger partial charge in [0.1, 0.15) is 0 Å². The van der Waals surface area contributed by atoms with E-state index in [9.17, 15) is 0 Å². The Hall–Kier alpha value is -1.03. The summed E-state index contributed by atoms with van der Waals surface area (Å²) in [6, 6.07) is 0.345. The standard InChI is InChI=1S/C12H23N3O/c1-11(2)5-10(6-12(3,4)16-11)15-8-9(14)7-13/h7-8,10,13,15H,5-6,14H2,1-4H3/b9-8+,13-7?. The number of hydrogen-bond acceptors (Lipinski definition) is 4. The van der Waals surface area contributed by atoms with E-state index in [1.165, 1.54) is 0 Å². The van der Waals surface area contributed by atoms with Crippen molar-refractivity contribution < 1.29 is 4.74 Å². The maximum atomic E-state index is 7.00. The first-order valence-corrected chi connectivity index (χ1v) is 5.66. The smallest absolute Gasteiger partial charge is 0.0653 e. The van der Waals surface area contributed by atoms with E-state index in [0.29, 0.717) is 11.7 Å². The van der Waals surface area contributed by atoms with Crippen molar-refractivity contribution in [3.63, 3.8) is 0 Å². The summed E-state index contributed by atoms with van der Waals surface area (Å²) in [5.41, 5.74) is 5.76. The predicted molar refractivity (Wildman–Crippen MR) is 66.5 cm³/mol. The van der Waals surface area contributed by atoms with Crippen LogP contribution in [0.15, 0.2) is 11.9 Å². The number of nitrogens with two attached hydrogens (primary N) is 1. The number of allylic oxidation sites excluding steroid dienone is 1. The molecule has 1 saturated heterocycles. The SMILES string of the molecule is CC1(C)CC(N/C=C(/N)C=N)CC(C)(C)O1. The fraction of sp³-hybridized carbons (Fsp3) is 0.750. The molecular weight excluding hydrogens is 202 g/mol. The van der Waals surface area contributed by atoms with Gasteiger partial charge in [0.2, 0.25) is 0 Å². The molecule has 4 heteroatoms. The Kier molecular flexibility index (Phi) is 3.63. The molecule has 1 fully saturated rings. The van der Waals surface area contributed by atoms with Crippen LogP contribution < -0.4 is 11.1 Å². The lowest BCUT2D eigenvalue weighted by Crippen LogP contribution is -2.50. The molecule has 0 amide bonds. The normalized spacial score (nSPS) is 25.1. The highest BCUT2D eigenvalue weighted by Crippen LogP contribution is 2.34. The third-order valence-electron chi connectivity index (χ3n) is 2.68. The molecule has 0 spiro atoms. The Morgan fingerprint density at radius 2 is 1.81 bits per heavy atom. The summed E-state index contributed by atoms with van der Waals surface area (Å²) < 4.78 is 5.99. The van der Waals surface area contributed by atoms with Gasteiger partial charge in [0.25, 0.3) is 0 Å². The highest BCUT2D eigenvalue weighted by molar-refractivity contribution is 5.73. The van der Waals surface area contributed by atoms with E-state index in [1.807, 2.05) is 0 Å². The molecule has 0 aromatic heterocycles. The maximum absolute atomic E-state index is 7.00. The van der Waals surface area contributed by atoms with Crippen molar-refractivity contribution in [2.45, 2.75) is 57.8 Å². The lowest BCUT2D eigenvalue weighted by Gasteiger charge is -2.45. The molecule has 0 aliphatic carbocycles. The van der Waals surface area contributed by atoms with Crippen LogP contribution in [0.5, 0.6) is 0 Å². The van der Waals surface area contributed by atoms with Crippen molar-refractivity contribution in [3.8, 4) is 0 Å². The fourth-order valence-electron chi connectivity index (χ4n) is 2.46. The van der Waals surface area contributed by atoms with Crippen LogP contribution in [0.4, 0.5) is 0 Å². The minimum Gasteiger partial charge on any atom is -0.396 e. The number of nitrogens with one attached hydrogen (secondary N) is 2. The van der Waals surface area contributed by atoms with E-state index in [0.717, 1.165) is 19.1 Å². The molecule has 1 heterocycles. The van der Waals surface area contributed by atoms with Gasteiger partial charge in [-0.1, -0.05) is 0 Å². The molecule has 4 N–H and O–H groups in total. The second-order valence-electron chi connectivity index (χ2n) is 5.68. The van der Waals surface area contributed by atoms with Gasteiger partial charge in [-0.25, -0.2) is 0 Å². The van der Waals surface area contributed by atoms with Crippen molar-refractivity contribution in [2.24, 2.45) is 5.73 Å². The van der Waals surface area contributed by atoms with Crippen LogP contribution in [0.1, 0.15) is 40.5 Å². The molecule has 92 valence electrons. The second kappa shape index (κ2) is 4.45. The van der Waals surface area contributed by atoms with Gasteiger partial charge in [-0.15, -0.1) is 0 Å². The average Bonchev–Trinajstić information content (AvgIpc) is 2.09. The van der Waals surface area contributed by atoms with Crippen LogP contribution >= 0.6 is 0 Å². The van der Waals surface area contributed by atoms with Gasteiger partial charge in [-0.3, -0.25) is 0 Å². The second-order valence-corrected chi connectivity index (χ2v) is 5.68. The molecule has 1 rings (SSSR count). The van der Waals surface area contributed by atoms with Crippen molar-refractivity contribution in [1.29, 1.82) is 5.41 Å². The third-order valence-corrected chi connectivity index (χ3v) is 2.68. The van der Waals surface area contributed by atoms with Gasteiger partial charge in [-0.2, -0.15) is 0 Å². The third kappa shape index (κ3) is 3.85. The lowest BCUT2D eigenvalue weighted by molar-refractivity contribution is -0.163. The summed E-state index contributed by atoms with van der Waals surface area (Å²) in [5, 5.41) is 10.3. The number of ether oxygens (including phenoxy) is 1. The van der Waals surface area contributed by atoms with Crippen molar-refractivity contribution in [3.05, 3.63) is 11.9 Å². The van der Waals surface area contributed by atoms with E-state index in [2.05, 4.69) is 33.0 Å². The Balaban J connectivity index is 2.64. The van der Waals surface area contributed by atoms with Crippen molar-refractivity contribution >= 4 is 6.21 Å². The quantitative estimate of drug-likeness (QED) is 0.641. The molecule has 4 nitrogen and oxygen atoms in total. The van der Waals surface area contributed by atoms with Gasteiger partial charge in [0.05, 0.1) is 16.9 Å². The zero-order valence-electron chi connectivity index (χ0n) is 10.6. The van der Waals surface area contributed by atoms with E-state index in [-0.39, 0.29) is 11.2 Å². The van der Waals surface area contributed by atoms with E-state index < -0.39 is 0 Å². The first-order chi connectivity index (χ1) is 7.24. The molecule has 0 aromatic carbocycles. The fourth-order valence-corrected chi connectivity index (χ4v) is 2.46. The van der Waals surface area contributed by atoms with Gasteiger partial charge >= 0.3 is 0 Å². The molecule has 1 aliphatic heterocycles. The van der Waals surface area contributed by atoms with Crippen LogP contribution in [-0.4, -0.2) is 23.5 Å². The summed E-state index contributed by atoms with van der Waals surface area (Å²) in [5.74, 6) is 0. The lowest BCUT2D eigenvalue weighted by atomic mass is 9.85. The molecule has 0 radical (unpaired) electrons. The van der Waals surface area contributed by atoms with Gasteiger partial charge in [0.15, 0.2) is 0 Å². The van der Waals surface area contributed by atoms with Crippen LogP contribution in [0.25, 0.3) is 0 Å². The molecule has 0 bridgehead atoms. The van der Waals surface area contributed by atoms with Crippen LogP contribution in [0.3, 0.4) is 0 Å². The predicted octanol–water partition coefficient (Wildman–Crippen LogP) is 1.76. The number of hydrogen-bond donors (Lipinski definition) is 3. The summed E-state index contributed by atoms with van der Waals surface area (Å²) in [6.45, 7) is 8.41. The zero-order valence-corrected chi connectivity index (χ0v) is 10.6. The highest BCUT2D eigenvalue weighted by atomic mass is 16.5. The first kappa shape index (κ1) is 13.0. The van der Waals surface area contributed by atoms with Gasteiger partial charge in [0, 0.05) is 18.5 Å². The highest BCUT2D eigenvalue weighted by Gasteiger charge is 2.38. The molecule has 0 unspecified atom stereocenters. The van der Waals surface area contributed by atoms with Crippen LogP contribution in [-0.2, 0) is 4.74 Å². The molecule has 1 aliphatic rings. The molecule has 0 atom stereocenters. The molecule has 0 saturated carbocycles. The van der Waals surface area contributed by atoms with Crippen LogP contribution in [0.2, 0.25) is 0 Å². The summed E-state index contributed by atoms with van der Waals surface area (Å²) in [4.78, 5) is 0. The molecular formula is C12H23N3O. The minimum absolute atomic E-state index is 0.118. The summed E-state index contributed by atoms with van der Waals surface area (Å²) in [7, 11) is 0. The monoisotopic (exact) mass is 225 g/mol. The molecule has 0 aromatic rings. The maximum Gasteiger partial charge on any atom is 0.0653 e. The zero-order chi connectivity index (χ0) is 12.4. The Bertz CT molecular complexity index is 279. The van der Waals surface area contributed by atoms with E-state index in [4.69, 9.17) is 15.9 Å². The van der Waals surface area contributed by atoms with E-state index in [1.54, 1.807) is 6.20 Å². The number of rotatable bonds is 3. The topological polar surface area (TPSA) is 71.1 Å². The van der Waals surface area contributed by atoms with Crippen molar-refractivity contribution in [1.82, 2.24) is 5.32 Å². The first-order valence-electron chi connectivity index (χ1n) is 5.66. The molecule has 16 heavy (non-hydrogen) atoms. The van der Waals surface area contributed by atoms with Gasteiger partial charge in [-0.05, 0) is 40.5 Å². The van der Waals surface area contributed by atoms with Crippen molar-refractivity contribution in [2.75, 3.05) is 0 Å². The Morgan fingerprint density at radius 3 is 2.25 bits per heavy atom. The van der Waals surface area contributed by atoms with E-state index >= 15 is 0 Å². The van der Waals surface area contributed by atoms with Gasteiger partial charge < -0.3 is 21.2 Å². The largest absolute Gasteiger partial charge is 0.396 e. The van der Waals surface area contributed by atoms with Crippen LogP contribution in [0, 0.1) is 5.41 Å². The Labute approximate surface area is 97.7 Å². The average molecular weight is 225 g/mol.